The molecule has 2 aliphatic rings. The molecular formula is C25H23N3O5S. The summed E-state index contributed by atoms with van der Waals surface area (Å²) in [5, 5.41) is 8.15. The van der Waals surface area contributed by atoms with Gasteiger partial charge in [-0.2, -0.15) is 5.10 Å². The number of rotatable bonds is 6. The first-order valence-corrected chi connectivity index (χ1v) is 11.6. The third-order valence-corrected chi connectivity index (χ3v) is 6.73. The third-order valence-electron chi connectivity index (χ3n) is 5.81. The Balaban J connectivity index is 1.37. The molecule has 3 aromatic rings. The first-order chi connectivity index (χ1) is 16.5. The van der Waals surface area contributed by atoms with Gasteiger partial charge >= 0.3 is 0 Å². The minimum atomic E-state index is -0.302. The van der Waals surface area contributed by atoms with Gasteiger partial charge in [-0.3, -0.25) is 9.59 Å². The smallest absolute Gasteiger partial charge is 0.262 e. The number of thiophene rings is 1. The van der Waals surface area contributed by atoms with E-state index in [0.29, 0.717) is 29.2 Å². The van der Waals surface area contributed by atoms with Gasteiger partial charge in [0.2, 0.25) is 6.79 Å². The van der Waals surface area contributed by atoms with Gasteiger partial charge in [-0.1, -0.05) is 12.1 Å². The van der Waals surface area contributed by atoms with Crippen LogP contribution in [0.1, 0.15) is 33.3 Å². The number of ether oxygens (including phenoxy) is 3. The molecule has 2 amide bonds. The quantitative estimate of drug-likeness (QED) is 0.537. The maximum absolute atomic E-state index is 13.4. The number of carbonyl (C=O) groups excluding carboxylic acids is 2. The largest absolute Gasteiger partial charge is 0.497 e. The first-order valence-electron chi connectivity index (χ1n) is 10.8. The minimum absolute atomic E-state index is 0.104. The molecule has 0 N–H and O–H groups in total. The van der Waals surface area contributed by atoms with Crippen molar-refractivity contribution in [3.63, 3.8) is 0 Å². The summed E-state index contributed by atoms with van der Waals surface area (Å²) in [6, 6.07) is 16.1. The fourth-order valence-corrected chi connectivity index (χ4v) is 4.73. The van der Waals surface area contributed by atoms with Gasteiger partial charge in [0.1, 0.15) is 12.3 Å². The molecule has 2 aliphatic heterocycles. The maximum atomic E-state index is 13.4. The van der Waals surface area contributed by atoms with E-state index in [9.17, 15) is 9.59 Å². The predicted molar refractivity (Wildman–Crippen MR) is 128 cm³/mol. The summed E-state index contributed by atoms with van der Waals surface area (Å²) in [7, 11) is 3.18. The molecule has 0 bridgehead atoms. The Morgan fingerprint density at radius 2 is 1.94 bits per heavy atom. The molecule has 1 atom stereocenters. The Morgan fingerprint density at radius 1 is 1.15 bits per heavy atom. The van der Waals surface area contributed by atoms with Crippen LogP contribution in [0.3, 0.4) is 0 Å². The molecule has 34 heavy (non-hydrogen) atoms. The van der Waals surface area contributed by atoms with Crippen LogP contribution in [0.4, 0.5) is 0 Å². The number of benzene rings is 2. The summed E-state index contributed by atoms with van der Waals surface area (Å²) >= 11 is 1.58. The summed E-state index contributed by atoms with van der Waals surface area (Å²) in [5.74, 6) is 1.48. The highest BCUT2D eigenvalue weighted by Gasteiger charge is 2.35. The third kappa shape index (κ3) is 4.22. The lowest BCUT2D eigenvalue weighted by Crippen LogP contribution is -2.39. The van der Waals surface area contributed by atoms with E-state index in [2.05, 4.69) is 5.10 Å². The fraction of sp³-hybridized carbons (Fsp3) is 0.240. The van der Waals surface area contributed by atoms with Crippen LogP contribution >= 0.6 is 11.3 Å². The second kappa shape index (κ2) is 9.18. The minimum Gasteiger partial charge on any atom is -0.497 e. The van der Waals surface area contributed by atoms with Crippen LogP contribution in [0.2, 0.25) is 0 Å². The van der Waals surface area contributed by atoms with Crippen molar-refractivity contribution in [3.8, 4) is 17.2 Å². The van der Waals surface area contributed by atoms with Crippen molar-refractivity contribution in [2.45, 2.75) is 12.5 Å². The summed E-state index contributed by atoms with van der Waals surface area (Å²) in [4.78, 5) is 28.7. The van der Waals surface area contributed by atoms with Crippen molar-refractivity contribution in [3.05, 3.63) is 76.0 Å². The molecule has 2 aromatic carbocycles. The van der Waals surface area contributed by atoms with E-state index in [4.69, 9.17) is 14.2 Å². The van der Waals surface area contributed by atoms with Crippen LogP contribution < -0.4 is 14.2 Å². The zero-order chi connectivity index (χ0) is 23.7. The van der Waals surface area contributed by atoms with E-state index in [1.807, 2.05) is 35.7 Å². The summed E-state index contributed by atoms with van der Waals surface area (Å²) < 4.78 is 16.1. The molecule has 0 saturated heterocycles. The monoisotopic (exact) mass is 477 g/mol. The summed E-state index contributed by atoms with van der Waals surface area (Å²) in [6.45, 7) is 0.0778. The van der Waals surface area contributed by atoms with E-state index < -0.39 is 0 Å². The maximum Gasteiger partial charge on any atom is 0.262 e. The van der Waals surface area contributed by atoms with Crippen molar-refractivity contribution in [2.24, 2.45) is 5.10 Å². The molecule has 1 aromatic heterocycles. The number of amides is 2. The molecule has 0 spiro atoms. The molecule has 0 radical (unpaired) electrons. The molecular weight excluding hydrogens is 454 g/mol. The Hall–Kier alpha value is -3.85. The number of fused-ring (bicyclic) bond motifs is 1. The zero-order valence-corrected chi connectivity index (χ0v) is 19.6. The van der Waals surface area contributed by atoms with E-state index in [0.717, 1.165) is 16.2 Å². The number of likely N-dealkylation sites (N-methyl/N-ethyl adjacent to an activating group) is 1. The predicted octanol–water partition coefficient (Wildman–Crippen LogP) is 3.94. The standard InChI is InChI=1S/C25H23N3O5S/c1-27(25(30)16-5-8-18(31-2)9-6-16)14-24(29)28-20(13-19(26-28)23-4-3-11-34-23)17-7-10-21-22(12-17)33-15-32-21/h3-12,20H,13-15H2,1-2H3/t20-/m0/s1. The van der Waals surface area contributed by atoms with Crippen molar-refractivity contribution in [1.82, 2.24) is 9.91 Å². The Labute approximate surface area is 201 Å². The number of methoxy groups -OCH3 is 1. The molecule has 174 valence electrons. The van der Waals surface area contributed by atoms with E-state index in [-0.39, 0.29) is 31.2 Å². The van der Waals surface area contributed by atoms with Crippen LogP contribution in [0, 0.1) is 0 Å². The number of carbonyl (C=O) groups is 2. The molecule has 0 unspecified atom stereocenters. The topological polar surface area (TPSA) is 80.7 Å². The van der Waals surface area contributed by atoms with Crippen molar-refractivity contribution in [1.29, 1.82) is 0 Å². The van der Waals surface area contributed by atoms with Gasteiger partial charge in [-0.25, -0.2) is 5.01 Å². The van der Waals surface area contributed by atoms with Gasteiger partial charge in [0.15, 0.2) is 11.5 Å². The van der Waals surface area contributed by atoms with Gasteiger partial charge in [-0.05, 0) is 53.4 Å². The van der Waals surface area contributed by atoms with Gasteiger partial charge in [0.05, 0.1) is 23.7 Å². The Bertz CT molecular complexity index is 1240. The number of hydrazone groups is 1. The average molecular weight is 478 g/mol. The molecule has 8 nitrogen and oxygen atoms in total. The Morgan fingerprint density at radius 3 is 2.68 bits per heavy atom. The number of hydrogen-bond acceptors (Lipinski definition) is 7. The van der Waals surface area contributed by atoms with Crippen LogP contribution in [0.5, 0.6) is 17.2 Å². The van der Waals surface area contributed by atoms with Gasteiger partial charge < -0.3 is 19.1 Å². The van der Waals surface area contributed by atoms with Crippen molar-refractivity contribution in [2.75, 3.05) is 27.5 Å². The van der Waals surface area contributed by atoms with Gasteiger partial charge in [0, 0.05) is 19.0 Å². The van der Waals surface area contributed by atoms with Crippen molar-refractivity contribution < 1.29 is 23.8 Å². The molecule has 0 saturated carbocycles. The molecule has 0 fully saturated rings. The lowest BCUT2D eigenvalue weighted by molar-refractivity contribution is -0.133. The molecule has 3 heterocycles. The fourth-order valence-electron chi connectivity index (χ4n) is 4.01. The molecule has 5 rings (SSSR count). The highest BCUT2D eigenvalue weighted by Crippen LogP contribution is 2.39. The number of nitrogens with zero attached hydrogens (tertiary/aromatic N) is 3. The average Bonchev–Trinajstić information content (AvgIpc) is 3.63. The first kappa shape index (κ1) is 22.0. The van der Waals surface area contributed by atoms with Crippen LogP contribution in [-0.4, -0.2) is 54.9 Å². The molecule has 9 heteroatoms. The highest BCUT2D eigenvalue weighted by atomic mass is 32.1. The van der Waals surface area contributed by atoms with E-state index >= 15 is 0 Å². The van der Waals surface area contributed by atoms with E-state index in [1.54, 1.807) is 49.8 Å². The summed E-state index contributed by atoms with van der Waals surface area (Å²) in [6.07, 6.45) is 0.571. The second-order valence-electron chi connectivity index (χ2n) is 7.98. The normalized spacial score (nSPS) is 16.4. The lowest BCUT2D eigenvalue weighted by atomic mass is 10.0. The Kier molecular flexibility index (Phi) is 5.93. The second-order valence-corrected chi connectivity index (χ2v) is 8.93. The lowest BCUT2D eigenvalue weighted by Gasteiger charge is -2.25. The summed E-state index contributed by atoms with van der Waals surface area (Å²) in [5.41, 5.74) is 2.22. The van der Waals surface area contributed by atoms with Gasteiger partial charge in [-0.15, -0.1) is 11.3 Å². The zero-order valence-electron chi connectivity index (χ0n) is 18.8. The SMILES string of the molecule is COc1ccc(C(=O)N(C)CC(=O)N2N=C(c3cccs3)C[C@H]2c2ccc3c(c2)OCO3)cc1. The highest BCUT2D eigenvalue weighted by molar-refractivity contribution is 7.12. The molecule has 0 aliphatic carbocycles. The van der Waals surface area contributed by atoms with Crippen LogP contribution in [-0.2, 0) is 4.79 Å². The van der Waals surface area contributed by atoms with Gasteiger partial charge in [0.25, 0.3) is 11.8 Å². The van der Waals surface area contributed by atoms with Crippen LogP contribution in [0.25, 0.3) is 0 Å². The number of hydrogen-bond donors (Lipinski definition) is 0. The van der Waals surface area contributed by atoms with Crippen LogP contribution in [0.15, 0.2) is 65.1 Å². The van der Waals surface area contributed by atoms with E-state index in [1.165, 1.54) is 9.91 Å². The van der Waals surface area contributed by atoms with Crippen molar-refractivity contribution >= 4 is 28.9 Å².